The Morgan fingerprint density at radius 2 is 2.21 bits per heavy atom. The molecule has 0 spiro atoms. The summed E-state index contributed by atoms with van der Waals surface area (Å²) in [4.78, 5) is 5.93. The molecule has 0 amide bonds. The molecule has 1 saturated heterocycles. The quantitative estimate of drug-likeness (QED) is 0.805. The SMILES string of the molecule is c1cc2sc(C3CCNCC3)nc2s1. The van der Waals surface area contributed by atoms with Crippen LogP contribution in [0, 0.1) is 0 Å². The highest BCUT2D eigenvalue weighted by Crippen LogP contribution is 2.34. The normalized spacial score (nSPS) is 19.1. The van der Waals surface area contributed by atoms with Crippen molar-refractivity contribution in [3.05, 3.63) is 16.5 Å². The standard InChI is InChI=1S/C10H12N2S2/c1-4-11-5-2-7(1)9-12-10-8(14-9)3-6-13-10/h3,6-7,11H,1-2,4-5H2. The van der Waals surface area contributed by atoms with Gasteiger partial charge in [0.15, 0.2) is 0 Å². The van der Waals surface area contributed by atoms with Crippen molar-refractivity contribution < 1.29 is 0 Å². The molecule has 1 aliphatic heterocycles. The van der Waals surface area contributed by atoms with Crippen molar-refractivity contribution in [3.63, 3.8) is 0 Å². The summed E-state index contributed by atoms with van der Waals surface area (Å²) in [6, 6.07) is 2.18. The van der Waals surface area contributed by atoms with E-state index >= 15 is 0 Å². The molecule has 0 atom stereocenters. The third-order valence-corrected chi connectivity index (χ3v) is 4.84. The van der Waals surface area contributed by atoms with E-state index in [2.05, 4.69) is 16.8 Å². The first-order valence-corrected chi connectivity index (χ1v) is 6.68. The Labute approximate surface area is 91.0 Å². The lowest BCUT2D eigenvalue weighted by Crippen LogP contribution is -2.26. The minimum atomic E-state index is 0.709. The third-order valence-electron chi connectivity index (χ3n) is 2.72. The van der Waals surface area contributed by atoms with Crippen LogP contribution >= 0.6 is 22.7 Å². The minimum absolute atomic E-state index is 0.709. The first kappa shape index (κ1) is 8.83. The van der Waals surface area contributed by atoms with Gasteiger partial charge in [0.2, 0.25) is 0 Å². The average Bonchev–Trinajstić information content (AvgIpc) is 2.78. The fourth-order valence-corrected chi connectivity index (χ4v) is 4.04. The molecule has 0 aromatic carbocycles. The van der Waals surface area contributed by atoms with E-state index in [1.54, 1.807) is 11.3 Å². The summed E-state index contributed by atoms with van der Waals surface area (Å²) >= 11 is 3.64. The maximum absolute atomic E-state index is 4.71. The highest BCUT2D eigenvalue weighted by Gasteiger charge is 2.18. The predicted octanol–water partition coefficient (Wildman–Crippen LogP) is 2.82. The molecule has 3 rings (SSSR count). The van der Waals surface area contributed by atoms with E-state index in [0.29, 0.717) is 5.92 Å². The van der Waals surface area contributed by atoms with Crippen LogP contribution in [0.4, 0.5) is 0 Å². The fourth-order valence-electron chi connectivity index (χ4n) is 1.93. The van der Waals surface area contributed by atoms with Crippen molar-refractivity contribution in [1.29, 1.82) is 0 Å². The predicted molar refractivity (Wildman–Crippen MR) is 62.3 cm³/mol. The molecule has 2 aromatic rings. The Kier molecular flexibility index (Phi) is 2.27. The molecule has 74 valence electrons. The van der Waals surface area contributed by atoms with Crippen molar-refractivity contribution >= 4 is 32.2 Å². The van der Waals surface area contributed by atoms with Crippen LogP contribution in [0.3, 0.4) is 0 Å². The van der Waals surface area contributed by atoms with Crippen LogP contribution in [0.25, 0.3) is 9.53 Å². The zero-order valence-electron chi connectivity index (χ0n) is 7.82. The molecular weight excluding hydrogens is 212 g/mol. The van der Waals surface area contributed by atoms with Gasteiger partial charge >= 0.3 is 0 Å². The number of fused-ring (bicyclic) bond motifs is 1. The second-order valence-electron chi connectivity index (χ2n) is 3.67. The van der Waals surface area contributed by atoms with E-state index in [9.17, 15) is 0 Å². The van der Waals surface area contributed by atoms with Gasteiger partial charge in [-0.3, -0.25) is 0 Å². The van der Waals surface area contributed by atoms with E-state index in [4.69, 9.17) is 4.98 Å². The van der Waals surface area contributed by atoms with Crippen molar-refractivity contribution in [2.45, 2.75) is 18.8 Å². The van der Waals surface area contributed by atoms with Gasteiger partial charge in [0, 0.05) is 5.92 Å². The Balaban J connectivity index is 1.92. The largest absolute Gasteiger partial charge is 0.317 e. The molecule has 0 radical (unpaired) electrons. The zero-order valence-corrected chi connectivity index (χ0v) is 9.46. The average molecular weight is 224 g/mol. The van der Waals surface area contributed by atoms with Crippen molar-refractivity contribution in [2.75, 3.05) is 13.1 Å². The van der Waals surface area contributed by atoms with Gasteiger partial charge in [-0.2, -0.15) is 0 Å². The number of hydrogen-bond acceptors (Lipinski definition) is 4. The zero-order chi connectivity index (χ0) is 9.38. The van der Waals surface area contributed by atoms with Crippen LogP contribution in [0.1, 0.15) is 23.8 Å². The first-order valence-electron chi connectivity index (χ1n) is 4.98. The molecule has 2 aromatic heterocycles. The third kappa shape index (κ3) is 1.47. The lowest BCUT2D eigenvalue weighted by Gasteiger charge is -2.20. The van der Waals surface area contributed by atoms with Crippen LogP contribution in [0.5, 0.6) is 0 Å². The monoisotopic (exact) mass is 224 g/mol. The molecule has 2 nitrogen and oxygen atoms in total. The maximum Gasteiger partial charge on any atom is 0.134 e. The van der Waals surface area contributed by atoms with Crippen LogP contribution in [0.2, 0.25) is 0 Å². The number of nitrogens with one attached hydrogen (secondary N) is 1. The van der Waals surface area contributed by atoms with Gasteiger partial charge < -0.3 is 5.32 Å². The Hall–Kier alpha value is -0.450. The van der Waals surface area contributed by atoms with Gasteiger partial charge in [-0.15, -0.1) is 22.7 Å². The van der Waals surface area contributed by atoms with Gasteiger partial charge in [0.25, 0.3) is 0 Å². The van der Waals surface area contributed by atoms with Crippen molar-refractivity contribution in [3.8, 4) is 0 Å². The molecule has 1 aliphatic rings. The molecule has 0 unspecified atom stereocenters. The Morgan fingerprint density at radius 3 is 3.00 bits per heavy atom. The topological polar surface area (TPSA) is 24.9 Å². The molecular formula is C10H12N2S2. The van der Waals surface area contributed by atoms with Crippen molar-refractivity contribution in [1.82, 2.24) is 10.3 Å². The number of nitrogens with zero attached hydrogens (tertiary/aromatic N) is 1. The molecule has 1 fully saturated rings. The van der Waals surface area contributed by atoms with Gasteiger partial charge in [0.05, 0.1) is 9.71 Å². The maximum atomic E-state index is 4.71. The Morgan fingerprint density at radius 1 is 1.36 bits per heavy atom. The van der Waals surface area contributed by atoms with Crippen LogP contribution in [-0.4, -0.2) is 18.1 Å². The summed E-state index contributed by atoms with van der Waals surface area (Å²) in [7, 11) is 0. The second-order valence-corrected chi connectivity index (χ2v) is 5.62. The van der Waals surface area contributed by atoms with E-state index in [1.807, 2.05) is 11.3 Å². The second kappa shape index (κ2) is 3.61. The number of piperidine rings is 1. The Bertz CT molecular complexity index is 397. The molecule has 4 heteroatoms. The van der Waals surface area contributed by atoms with Crippen LogP contribution in [-0.2, 0) is 0 Å². The first-order chi connectivity index (χ1) is 6.93. The van der Waals surface area contributed by atoms with Gasteiger partial charge in [-0.1, -0.05) is 0 Å². The summed E-state index contributed by atoms with van der Waals surface area (Å²) < 4.78 is 1.36. The molecule has 0 bridgehead atoms. The lowest BCUT2D eigenvalue weighted by molar-refractivity contribution is 0.459. The molecule has 14 heavy (non-hydrogen) atoms. The van der Waals surface area contributed by atoms with E-state index < -0.39 is 0 Å². The lowest BCUT2D eigenvalue weighted by atomic mass is 9.99. The minimum Gasteiger partial charge on any atom is -0.317 e. The molecule has 1 N–H and O–H groups in total. The van der Waals surface area contributed by atoms with Crippen LogP contribution in [0.15, 0.2) is 11.4 Å². The number of aromatic nitrogens is 1. The smallest absolute Gasteiger partial charge is 0.134 e. The van der Waals surface area contributed by atoms with Crippen molar-refractivity contribution in [2.24, 2.45) is 0 Å². The molecule has 0 saturated carbocycles. The van der Waals surface area contributed by atoms with Gasteiger partial charge in [-0.25, -0.2) is 4.98 Å². The summed E-state index contributed by atoms with van der Waals surface area (Å²) in [5, 5.41) is 6.87. The van der Waals surface area contributed by atoms with Gasteiger partial charge in [0.1, 0.15) is 4.83 Å². The number of hydrogen-bond donors (Lipinski definition) is 1. The van der Waals surface area contributed by atoms with E-state index in [-0.39, 0.29) is 0 Å². The molecule has 3 heterocycles. The number of thiazole rings is 1. The summed E-state index contributed by atoms with van der Waals surface area (Å²) in [5.41, 5.74) is 0. The fraction of sp³-hybridized carbons (Fsp3) is 0.500. The summed E-state index contributed by atoms with van der Waals surface area (Å²) in [6.07, 6.45) is 2.50. The van der Waals surface area contributed by atoms with E-state index in [1.165, 1.54) is 27.4 Å². The number of rotatable bonds is 1. The number of thiophene rings is 1. The van der Waals surface area contributed by atoms with E-state index in [0.717, 1.165) is 13.1 Å². The summed E-state index contributed by atoms with van der Waals surface area (Å²) in [6.45, 7) is 2.30. The van der Waals surface area contributed by atoms with Gasteiger partial charge in [-0.05, 0) is 37.4 Å². The highest BCUT2D eigenvalue weighted by molar-refractivity contribution is 7.26. The highest BCUT2D eigenvalue weighted by atomic mass is 32.1. The van der Waals surface area contributed by atoms with Crippen LogP contribution < -0.4 is 5.32 Å². The summed E-state index contributed by atoms with van der Waals surface area (Å²) in [5.74, 6) is 0.709. The molecule has 0 aliphatic carbocycles.